The van der Waals surface area contributed by atoms with Gasteiger partial charge in [-0.05, 0) is 24.6 Å². The van der Waals surface area contributed by atoms with Crippen molar-refractivity contribution in [3.63, 3.8) is 0 Å². The fourth-order valence-corrected chi connectivity index (χ4v) is 2.31. The Hall–Kier alpha value is -1.49. The van der Waals surface area contributed by atoms with Crippen molar-refractivity contribution >= 4 is 17.4 Å². The summed E-state index contributed by atoms with van der Waals surface area (Å²) in [6, 6.07) is 6.00. The maximum atomic E-state index is 5.90. The van der Waals surface area contributed by atoms with E-state index in [9.17, 15) is 0 Å². The Bertz CT molecular complexity index is 510. The van der Waals surface area contributed by atoms with E-state index >= 15 is 0 Å². The van der Waals surface area contributed by atoms with E-state index < -0.39 is 0 Å². The van der Waals surface area contributed by atoms with Gasteiger partial charge in [0.25, 0.3) is 0 Å². The number of nitrogen functional groups attached to an aromatic ring is 1. The van der Waals surface area contributed by atoms with Gasteiger partial charge in [-0.25, -0.2) is 0 Å². The van der Waals surface area contributed by atoms with Crippen LogP contribution in [0.5, 0.6) is 0 Å². The normalized spacial score (nSPS) is 10.7. The molecule has 2 aromatic rings. The third-order valence-corrected chi connectivity index (χ3v) is 3.41. The van der Waals surface area contributed by atoms with Crippen molar-refractivity contribution < 1.29 is 4.52 Å². The summed E-state index contributed by atoms with van der Waals surface area (Å²) in [6.07, 6.45) is 0.768. The third kappa shape index (κ3) is 3.00. The average molecular weight is 249 g/mol. The van der Waals surface area contributed by atoms with Crippen molar-refractivity contribution in [2.24, 2.45) is 0 Å². The first-order chi connectivity index (χ1) is 8.19. The molecule has 0 atom stereocenters. The zero-order valence-electron chi connectivity index (χ0n) is 9.93. The molecule has 0 saturated heterocycles. The highest BCUT2D eigenvalue weighted by molar-refractivity contribution is 7.98. The van der Waals surface area contributed by atoms with Gasteiger partial charge < -0.3 is 10.3 Å². The van der Waals surface area contributed by atoms with Gasteiger partial charge >= 0.3 is 0 Å². The monoisotopic (exact) mass is 249 g/mol. The van der Waals surface area contributed by atoms with Crippen molar-refractivity contribution in [3.8, 4) is 0 Å². The second-order valence-corrected chi connectivity index (χ2v) is 4.81. The fraction of sp³-hybridized carbons (Fsp3) is 0.333. The van der Waals surface area contributed by atoms with Crippen LogP contribution in [-0.2, 0) is 12.2 Å². The van der Waals surface area contributed by atoms with Gasteiger partial charge in [-0.1, -0.05) is 18.1 Å². The quantitative estimate of drug-likeness (QED) is 0.666. The minimum absolute atomic E-state index is 0.678. The highest BCUT2D eigenvalue weighted by Gasteiger charge is 2.06. The Morgan fingerprint density at radius 3 is 2.94 bits per heavy atom. The topological polar surface area (TPSA) is 64.9 Å². The molecule has 2 rings (SSSR count). The number of nitrogens with zero attached hydrogens (tertiary/aromatic N) is 2. The molecule has 1 aromatic heterocycles. The molecule has 0 amide bonds. The molecule has 17 heavy (non-hydrogen) atoms. The lowest BCUT2D eigenvalue weighted by Gasteiger charge is -2.04. The lowest BCUT2D eigenvalue weighted by molar-refractivity contribution is 0.378. The zero-order valence-corrected chi connectivity index (χ0v) is 10.8. The number of benzene rings is 1. The summed E-state index contributed by atoms with van der Waals surface area (Å²) in [4.78, 5) is 5.32. The van der Waals surface area contributed by atoms with Gasteiger partial charge in [-0.2, -0.15) is 4.98 Å². The van der Waals surface area contributed by atoms with Crippen molar-refractivity contribution in [1.82, 2.24) is 10.1 Å². The summed E-state index contributed by atoms with van der Waals surface area (Å²) in [5, 5.41) is 3.91. The minimum atomic E-state index is 0.678. The van der Waals surface area contributed by atoms with Crippen LogP contribution in [0, 0.1) is 6.92 Å². The van der Waals surface area contributed by atoms with Crippen LogP contribution < -0.4 is 5.73 Å². The number of hydrogen-bond donors (Lipinski definition) is 1. The van der Waals surface area contributed by atoms with E-state index in [1.807, 2.05) is 26.0 Å². The van der Waals surface area contributed by atoms with E-state index in [1.54, 1.807) is 11.8 Å². The Labute approximate surface area is 105 Å². The van der Waals surface area contributed by atoms with Crippen LogP contribution in [0.4, 0.5) is 5.69 Å². The summed E-state index contributed by atoms with van der Waals surface area (Å²) >= 11 is 1.63. The van der Waals surface area contributed by atoms with E-state index in [0.29, 0.717) is 17.5 Å². The molecule has 0 bridgehead atoms. The van der Waals surface area contributed by atoms with Gasteiger partial charge in [0.15, 0.2) is 5.82 Å². The van der Waals surface area contributed by atoms with Crippen LogP contribution in [0.25, 0.3) is 0 Å². The first-order valence-electron chi connectivity index (χ1n) is 5.49. The molecule has 0 aliphatic heterocycles. The minimum Gasteiger partial charge on any atom is -0.398 e. The van der Waals surface area contributed by atoms with Gasteiger partial charge in [0.2, 0.25) is 5.89 Å². The van der Waals surface area contributed by atoms with Gasteiger partial charge in [0.1, 0.15) is 0 Å². The maximum Gasteiger partial charge on any atom is 0.226 e. The molecule has 2 N–H and O–H groups in total. The van der Waals surface area contributed by atoms with E-state index in [2.05, 4.69) is 16.2 Å². The standard InChI is InChI=1S/C12H15N3OS/c1-3-12-14-11(15-16-12)7-17-10-6-8(2)4-5-9(10)13/h4-6H,3,7,13H2,1-2H3. The molecule has 1 heterocycles. The number of thioether (sulfide) groups is 1. The molecular formula is C12H15N3OS. The van der Waals surface area contributed by atoms with Crippen LogP contribution in [-0.4, -0.2) is 10.1 Å². The fourth-order valence-electron chi connectivity index (χ4n) is 1.40. The molecule has 4 nitrogen and oxygen atoms in total. The molecule has 0 radical (unpaired) electrons. The van der Waals surface area contributed by atoms with Crippen molar-refractivity contribution in [2.45, 2.75) is 30.9 Å². The van der Waals surface area contributed by atoms with E-state index in [0.717, 1.165) is 17.0 Å². The molecule has 5 heteroatoms. The number of nitrogens with two attached hydrogens (primary N) is 1. The number of aromatic nitrogens is 2. The van der Waals surface area contributed by atoms with Crippen LogP contribution in [0.2, 0.25) is 0 Å². The van der Waals surface area contributed by atoms with Crippen molar-refractivity contribution in [1.29, 1.82) is 0 Å². The summed E-state index contributed by atoms with van der Waals surface area (Å²) in [5.41, 5.74) is 7.89. The summed E-state index contributed by atoms with van der Waals surface area (Å²) < 4.78 is 5.05. The highest BCUT2D eigenvalue weighted by atomic mass is 32.2. The Morgan fingerprint density at radius 2 is 2.24 bits per heavy atom. The highest BCUT2D eigenvalue weighted by Crippen LogP contribution is 2.28. The summed E-state index contributed by atoms with van der Waals surface area (Å²) in [7, 11) is 0. The third-order valence-electron chi connectivity index (χ3n) is 2.34. The predicted molar refractivity (Wildman–Crippen MR) is 68.8 cm³/mol. The van der Waals surface area contributed by atoms with Gasteiger partial charge in [-0.15, -0.1) is 11.8 Å². The lowest BCUT2D eigenvalue weighted by atomic mass is 10.2. The first-order valence-corrected chi connectivity index (χ1v) is 6.48. The summed E-state index contributed by atoms with van der Waals surface area (Å²) in [6.45, 7) is 4.04. The van der Waals surface area contributed by atoms with Crippen LogP contribution in [0.1, 0.15) is 24.2 Å². The molecule has 0 spiro atoms. The van der Waals surface area contributed by atoms with Crippen molar-refractivity contribution in [2.75, 3.05) is 5.73 Å². The first kappa shape index (κ1) is 12.0. The zero-order chi connectivity index (χ0) is 12.3. The Morgan fingerprint density at radius 1 is 1.41 bits per heavy atom. The SMILES string of the molecule is CCc1nc(CSc2cc(C)ccc2N)no1. The molecule has 1 aromatic carbocycles. The predicted octanol–water partition coefficient (Wildman–Crippen LogP) is 2.81. The number of anilines is 1. The number of aryl methyl sites for hydroxylation is 2. The van der Waals surface area contributed by atoms with E-state index in [1.165, 1.54) is 5.56 Å². The Kier molecular flexibility index (Phi) is 3.68. The summed E-state index contributed by atoms with van der Waals surface area (Å²) in [5.74, 6) is 2.07. The maximum absolute atomic E-state index is 5.90. The van der Waals surface area contributed by atoms with Crippen LogP contribution in [0.15, 0.2) is 27.6 Å². The largest absolute Gasteiger partial charge is 0.398 e. The smallest absolute Gasteiger partial charge is 0.226 e. The molecule has 0 saturated carbocycles. The van der Waals surface area contributed by atoms with E-state index in [-0.39, 0.29) is 0 Å². The van der Waals surface area contributed by atoms with Crippen molar-refractivity contribution in [3.05, 3.63) is 35.5 Å². The molecule has 0 unspecified atom stereocenters. The molecule has 0 fully saturated rings. The van der Waals surface area contributed by atoms with Crippen LogP contribution >= 0.6 is 11.8 Å². The second-order valence-electron chi connectivity index (χ2n) is 3.79. The van der Waals surface area contributed by atoms with Gasteiger partial charge in [0.05, 0.1) is 5.75 Å². The molecule has 0 aliphatic carbocycles. The second kappa shape index (κ2) is 5.23. The van der Waals surface area contributed by atoms with E-state index in [4.69, 9.17) is 10.3 Å². The molecule has 0 aliphatic rings. The number of hydrogen-bond acceptors (Lipinski definition) is 5. The lowest BCUT2D eigenvalue weighted by Crippen LogP contribution is -1.91. The molecule has 90 valence electrons. The Balaban J connectivity index is 2.04. The molecular weight excluding hydrogens is 234 g/mol. The van der Waals surface area contributed by atoms with Gasteiger partial charge in [0, 0.05) is 17.0 Å². The van der Waals surface area contributed by atoms with Gasteiger partial charge in [-0.3, -0.25) is 0 Å². The number of rotatable bonds is 4. The van der Waals surface area contributed by atoms with Crippen LogP contribution in [0.3, 0.4) is 0 Å². The average Bonchev–Trinajstić information content (AvgIpc) is 2.78.